The van der Waals surface area contributed by atoms with E-state index in [1.165, 1.54) is 10.4 Å². The van der Waals surface area contributed by atoms with Crippen molar-refractivity contribution in [3.63, 3.8) is 0 Å². The van der Waals surface area contributed by atoms with Gasteiger partial charge in [-0.25, -0.2) is 0 Å². The minimum atomic E-state index is 0.0543. The second-order valence-electron chi connectivity index (χ2n) is 4.58. The maximum Gasteiger partial charge on any atom is 0.248 e. The summed E-state index contributed by atoms with van der Waals surface area (Å²) in [5, 5.41) is 9.61. The third-order valence-corrected chi connectivity index (χ3v) is 4.27. The summed E-state index contributed by atoms with van der Waals surface area (Å²) in [5.41, 5.74) is 1.28. The highest BCUT2D eigenvalue weighted by Crippen LogP contribution is 2.31. The van der Waals surface area contributed by atoms with E-state index in [0.29, 0.717) is 5.89 Å². The second-order valence-corrected chi connectivity index (χ2v) is 5.58. The number of aromatic nitrogens is 2. The molecule has 1 unspecified atom stereocenters. The molecule has 1 N–H and O–H groups in total. The van der Waals surface area contributed by atoms with Crippen LogP contribution in [0.3, 0.4) is 0 Å². The van der Waals surface area contributed by atoms with Crippen molar-refractivity contribution in [2.45, 2.75) is 25.3 Å². The summed E-state index contributed by atoms with van der Waals surface area (Å²) >= 11 is 1.80. The monoisotopic (exact) mass is 279 g/mol. The standard InChI is InChI=1S/C13H17N3O2S/c1-17-7-2-3-11-15-13(18-16-11)12-9-5-8-19-10(9)4-6-14-12/h5,8,12,14H,2-4,6-7H2,1H3. The van der Waals surface area contributed by atoms with Gasteiger partial charge in [-0.3, -0.25) is 0 Å². The van der Waals surface area contributed by atoms with Crippen molar-refractivity contribution in [3.05, 3.63) is 33.6 Å². The van der Waals surface area contributed by atoms with E-state index in [-0.39, 0.29) is 6.04 Å². The summed E-state index contributed by atoms with van der Waals surface area (Å²) in [6.07, 6.45) is 2.79. The number of hydrogen-bond donors (Lipinski definition) is 1. The minimum Gasteiger partial charge on any atom is -0.385 e. The van der Waals surface area contributed by atoms with Gasteiger partial charge < -0.3 is 14.6 Å². The Morgan fingerprint density at radius 2 is 2.53 bits per heavy atom. The first-order chi connectivity index (χ1) is 9.38. The molecule has 5 nitrogen and oxygen atoms in total. The van der Waals surface area contributed by atoms with Crippen LogP contribution >= 0.6 is 11.3 Å². The Morgan fingerprint density at radius 1 is 1.58 bits per heavy atom. The third kappa shape index (κ3) is 2.70. The van der Waals surface area contributed by atoms with Gasteiger partial charge in [-0.15, -0.1) is 11.3 Å². The number of aryl methyl sites for hydroxylation is 1. The minimum absolute atomic E-state index is 0.0543. The van der Waals surface area contributed by atoms with E-state index in [9.17, 15) is 0 Å². The Balaban J connectivity index is 1.73. The highest BCUT2D eigenvalue weighted by Gasteiger charge is 2.26. The summed E-state index contributed by atoms with van der Waals surface area (Å²) < 4.78 is 10.4. The van der Waals surface area contributed by atoms with Crippen molar-refractivity contribution < 1.29 is 9.26 Å². The molecular formula is C13H17N3O2S. The van der Waals surface area contributed by atoms with Crippen molar-refractivity contribution in [1.29, 1.82) is 0 Å². The summed E-state index contributed by atoms with van der Waals surface area (Å²) in [7, 11) is 1.70. The number of methoxy groups -OCH3 is 1. The molecule has 102 valence electrons. The van der Waals surface area contributed by atoms with E-state index in [0.717, 1.165) is 38.2 Å². The fourth-order valence-corrected chi connectivity index (χ4v) is 3.25. The molecule has 2 aromatic rings. The van der Waals surface area contributed by atoms with E-state index in [2.05, 4.69) is 26.9 Å². The molecule has 6 heteroatoms. The molecule has 1 atom stereocenters. The van der Waals surface area contributed by atoms with Crippen LogP contribution in [0, 0.1) is 0 Å². The van der Waals surface area contributed by atoms with Crippen LogP contribution in [0.25, 0.3) is 0 Å². The smallest absolute Gasteiger partial charge is 0.248 e. The lowest BCUT2D eigenvalue weighted by Crippen LogP contribution is -2.29. The number of fused-ring (bicyclic) bond motifs is 1. The molecule has 2 aromatic heterocycles. The number of rotatable bonds is 5. The van der Waals surface area contributed by atoms with Crippen LogP contribution in [0.4, 0.5) is 0 Å². The van der Waals surface area contributed by atoms with Gasteiger partial charge in [0.25, 0.3) is 0 Å². The molecule has 1 aliphatic rings. The average molecular weight is 279 g/mol. The molecule has 0 spiro atoms. The molecule has 0 bridgehead atoms. The van der Waals surface area contributed by atoms with Gasteiger partial charge in [0.1, 0.15) is 6.04 Å². The van der Waals surface area contributed by atoms with Crippen LogP contribution in [0.2, 0.25) is 0 Å². The molecule has 0 saturated heterocycles. The van der Waals surface area contributed by atoms with Gasteiger partial charge in [-0.1, -0.05) is 5.16 Å². The Morgan fingerprint density at radius 3 is 3.42 bits per heavy atom. The molecular weight excluding hydrogens is 262 g/mol. The molecule has 19 heavy (non-hydrogen) atoms. The van der Waals surface area contributed by atoms with Gasteiger partial charge in [0.05, 0.1) is 0 Å². The average Bonchev–Trinajstić information content (AvgIpc) is 3.07. The van der Waals surface area contributed by atoms with Gasteiger partial charge in [-0.05, 0) is 29.9 Å². The predicted octanol–water partition coefficient (Wildman–Crippen LogP) is 1.95. The van der Waals surface area contributed by atoms with Crippen LogP contribution in [-0.2, 0) is 17.6 Å². The lowest BCUT2D eigenvalue weighted by atomic mass is 10.0. The Hall–Kier alpha value is -1.24. The topological polar surface area (TPSA) is 60.2 Å². The van der Waals surface area contributed by atoms with Crippen LogP contribution in [0.15, 0.2) is 16.0 Å². The van der Waals surface area contributed by atoms with Crippen LogP contribution in [-0.4, -0.2) is 30.4 Å². The number of ether oxygens (including phenoxy) is 1. The lowest BCUT2D eigenvalue weighted by Gasteiger charge is -2.20. The van der Waals surface area contributed by atoms with E-state index in [4.69, 9.17) is 9.26 Å². The second kappa shape index (κ2) is 5.81. The first kappa shape index (κ1) is 12.8. The molecule has 0 fully saturated rings. The largest absolute Gasteiger partial charge is 0.385 e. The quantitative estimate of drug-likeness (QED) is 0.848. The maximum absolute atomic E-state index is 5.40. The van der Waals surface area contributed by atoms with Crippen LogP contribution in [0.1, 0.15) is 34.6 Å². The van der Waals surface area contributed by atoms with E-state index in [1.54, 1.807) is 18.4 Å². The lowest BCUT2D eigenvalue weighted by molar-refractivity contribution is 0.194. The number of nitrogens with one attached hydrogen (secondary N) is 1. The van der Waals surface area contributed by atoms with Gasteiger partial charge in [0.2, 0.25) is 5.89 Å². The molecule has 3 heterocycles. The molecule has 1 aliphatic heterocycles. The summed E-state index contributed by atoms with van der Waals surface area (Å²) in [5.74, 6) is 1.43. The molecule has 0 radical (unpaired) electrons. The van der Waals surface area contributed by atoms with Crippen molar-refractivity contribution in [3.8, 4) is 0 Å². The van der Waals surface area contributed by atoms with E-state index < -0.39 is 0 Å². The van der Waals surface area contributed by atoms with Gasteiger partial charge in [-0.2, -0.15) is 4.98 Å². The third-order valence-electron chi connectivity index (χ3n) is 3.27. The van der Waals surface area contributed by atoms with Crippen molar-refractivity contribution >= 4 is 11.3 Å². The molecule has 0 aromatic carbocycles. The van der Waals surface area contributed by atoms with E-state index in [1.807, 2.05) is 0 Å². The van der Waals surface area contributed by atoms with Crippen LogP contribution in [0.5, 0.6) is 0 Å². The number of thiophene rings is 1. The fraction of sp³-hybridized carbons (Fsp3) is 0.538. The molecule has 0 aliphatic carbocycles. The maximum atomic E-state index is 5.40. The van der Waals surface area contributed by atoms with Crippen molar-refractivity contribution in [2.24, 2.45) is 0 Å². The van der Waals surface area contributed by atoms with Crippen molar-refractivity contribution in [1.82, 2.24) is 15.5 Å². The molecule has 0 saturated carbocycles. The molecule has 0 amide bonds. The zero-order valence-corrected chi connectivity index (χ0v) is 11.7. The first-order valence-electron chi connectivity index (χ1n) is 6.49. The number of hydrogen-bond acceptors (Lipinski definition) is 6. The Bertz CT molecular complexity index is 537. The predicted molar refractivity (Wildman–Crippen MR) is 72.4 cm³/mol. The number of nitrogens with zero attached hydrogens (tertiary/aromatic N) is 2. The summed E-state index contributed by atoms with van der Waals surface area (Å²) in [4.78, 5) is 5.91. The SMILES string of the molecule is COCCCc1noc(C2NCCc3sccc32)n1. The highest BCUT2D eigenvalue weighted by atomic mass is 32.1. The Kier molecular flexibility index (Phi) is 3.91. The van der Waals surface area contributed by atoms with Gasteiger partial charge in [0, 0.05) is 31.6 Å². The van der Waals surface area contributed by atoms with Gasteiger partial charge >= 0.3 is 0 Å². The van der Waals surface area contributed by atoms with Crippen molar-refractivity contribution in [2.75, 3.05) is 20.3 Å². The summed E-state index contributed by atoms with van der Waals surface area (Å²) in [6.45, 7) is 1.68. The zero-order valence-electron chi connectivity index (χ0n) is 10.9. The highest BCUT2D eigenvalue weighted by molar-refractivity contribution is 7.10. The van der Waals surface area contributed by atoms with Crippen LogP contribution < -0.4 is 5.32 Å². The molecule has 3 rings (SSSR count). The first-order valence-corrected chi connectivity index (χ1v) is 7.37. The van der Waals surface area contributed by atoms with E-state index >= 15 is 0 Å². The fourth-order valence-electron chi connectivity index (χ4n) is 2.33. The zero-order chi connectivity index (χ0) is 13.1. The summed E-state index contributed by atoms with van der Waals surface area (Å²) in [6, 6.07) is 2.20. The Labute approximate surface area is 116 Å². The van der Waals surface area contributed by atoms with Gasteiger partial charge in [0.15, 0.2) is 5.82 Å². The normalized spacial score (nSPS) is 18.5.